The van der Waals surface area contributed by atoms with Crippen molar-refractivity contribution in [3.63, 3.8) is 0 Å². The number of benzene rings is 1. The Morgan fingerprint density at radius 1 is 1.16 bits per heavy atom. The highest BCUT2D eigenvalue weighted by molar-refractivity contribution is 6.21. The molecule has 0 saturated carbocycles. The van der Waals surface area contributed by atoms with Gasteiger partial charge in [0, 0.05) is 32.0 Å². The fourth-order valence-electron chi connectivity index (χ4n) is 4.07. The van der Waals surface area contributed by atoms with Crippen molar-refractivity contribution in [3.05, 3.63) is 47.8 Å². The molecule has 1 aromatic carbocycles. The summed E-state index contributed by atoms with van der Waals surface area (Å²) in [5.41, 5.74) is 6.43. The number of hydrogen-bond acceptors (Lipinski definition) is 7. The van der Waals surface area contributed by atoms with E-state index in [0.717, 1.165) is 12.8 Å². The maximum atomic E-state index is 13.0. The number of hydrogen-bond donors (Lipinski definition) is 1. The summed E-state index contributed by atoms with van der Waals surface area (Å²) < 4.78 is 0. The summed E-state index contributed by atoms with van der Waals surface area (Å²) in [5.74, 6) is -0.0400. The zero-order chi connectivity index (χ0) is 22.8. The predicted octanol–water partition coefficient (Wildman–Crippen LogP) is 1.52. The maximum Gasteiger partial charge on any atom is 0.332 e. The third-order valence-electron chi connectivity index (χ3n) is 6.01. The largest absolute Gasteiger partial charge is 0.366 e. The lowest BCUT2D eigenvalue weighted by Crippen LogP contribution is -2.42. The number of aromatic nitrogens is 2. The van der Waals surface area contributed by atoms with Gasteiger partial charge in [0.05, 0.1) is 22.9 Å². The quantitative estimate of drug-likeness (QED) is 0.706. The third-order valence-corrected chi connectivity index (χ3v) is 6.01. The van der Waals surface area contributed by atoms with Gasteiger partial charge in [0.25, 0.3) is 11.8 Å². The van der Waals surface area contributed by atoms with Crippen LogP contribution in [0.5, 0.6) is 0 Å². The lowest BCUT2D eigenvalue weighted by Gasteiger charge is -2.34. The van der Waals surface area contributed by atoms with E-state index in [1.165, 1.54) is 17.3 Å². The molecule has 0 aliphatic carbocycles. The minimum absolute atomic E-state index is 0.247. The molecule has 32 heavy (non-hydrogen) atoms. The summed E-state index contributed by atoms with van der Waals surface area (Å²) in [5, 5.41) is 8.95. The van der Waals surface area contributed by atoms with Gasteiger partial charge in [-0.2, -0.15) is 5.26 Å². The molecule has 1 unspecified atom stereocenters. The second-order valence-electron chi connectivity index (χ2n) is 8.01. The SMILES string of the molecule is CC1C(=O)N(c2ccc(C#N)cc2)C(=O)N1CC1CCN(c2ncc(C(N)=O)cn2)CC1. The number of imide groups is 1. The van der Waals surface area contributed by atoms with E-state index in [-0.39, 0.29) is 23.4 Å². The first-order valence-electron chi connectivity index (χ1n) is 10.4. The van der Waals surface area contributed by atoms with Gasteiger partial charge in [0.2, 0.25) is 5.95 Å². The Bertz CT molecular complexity index is 1070. The van der Waals surface area contributed by atoms with E-state index in [2.05, 4.69) is 9.97 Å². The Morgan fingerprint density at radius 3 is 2.34 bits per heavy atom. The van der Waals surface area contributed by atoms with Crippen LogP contribution < -0.4 is 15.5 Å². The number of primary amides is 1. The van der Waals surface area contributed by atoms with Crippen molar-refractivity contribution < 1.29 is 14.4 Å². The molecule has 0 spiro atoms. The molecule has 4 amide bonds. The molecule has 2 aliphatic heterocycles. The Kier molecular flexibility index (Phi) is 5.73. The van der Waals surface area contributed by atoms with E-state index in [9.17, 15) is 14.4 Å². The average molecular weight is 433 g/mol. The van der Waals surface area contributed by atoms with E-state index < -0.39 is 11.9 Å². The summed E-state index contributed by atoms with van der Waals surface area (Å²) in [7, 11) is 0. The predicted molar refractivity (Wildman–Crippen MR) is 116 cm³/mol. The number of carbonyl (C=O) groups excluding carboxylic acids is 3. The van der Waals surface area contributed by atoms with E-state index in [1.807, 2.05) is 11.0 Å². The topological polar surface area (TPSA) is 137 Å². The molecule has 2 saturated heterocycles. The van der Waals surface area contributed by atoms with Gasteiger partial charge in [-0.1, -0.05) is 0 Å². The minimum atomic E-state index is -0.566. The molecule has 0 radical (unpaired) electrons. The van der Waals surface area contributed by atoms with Crippen LogP contribution in [0, 0.1) is 17.2 Å². The number of nitriles is 1. The van der Waals surface area contributed by atoms with E-state index >= 15 is 0 Å². The average Bonchev–Trinajstić information content (AvgIpc) is 3.03. The van der Waals surface area contributed by atoms with Gasteiger partial charge in [-0.15, -0.1) is 0 Å². The lowest BCUT2D eigenvalue weighted by molar-refractivity contribution is -0.119. The number of rotatable bonds is 5. The fraction of sp³-hybridized carbons (Fsp3) is 0.364. The van der Waals surface area contributed by atoms with Gasteiger partial charge in [-0.05, 0) is 49.9 Å². The van der Waals surface area contributed by atoms with E-state index in [0.29, 0.717) is 36.8 Å². The highest BCUT2D eigenvalue weighted by atomic mass is 16.2. The van der Waals surface area contributed by atoms with Gasteiger partial charge in [-0.3, -0.25) is 9.59 Å². The third kappa shape index (κ3) is 3.97. The summed E-state index contributed by atoms with van der Waals surface area (Å²) in [6, 6.07) is 7.58. The van der Waals surface area contributed by atoms with Crippen LogP contribution >= 0.6 is 0 Å². The molecule has 3 heterocycles. The number of anilines is 2. The molecule has 1 atom stereocenters. The zero-order valence-corrected chi connectivity index (χ0v) is 17.6. The molecule has 0 bridgehead atoms. The number of nitrogens with two attached hydrogens (primary N) is 1. The van der Waals surface area contributed by atoms with Crippen LogP contribution in [0.2, 0.25) is 0 Å². The van der Waals surface area contributed by atoms with Gasteiger partial charge in [0.1, 0.15) is 6.04 Å². The molecule has 164 valence electrons. The summed E-state index contributed by atoms with van der Waals surface area (Å²) in [6.07, 6.45) is 4.49. The van der Waals surface area contributed by atoms with Gasteiger partial charge < -0.3 is 15.5 Å². The number of carbonyl (C=O) groups is 3. The fourth-order valence-corrected chi connectivity index (χ4v) is 4.07. The lowest BCUT2D eigenvalue weighted by atomic mass is 9.96. The standard InChI is InChI=1S/C22H23N7O3/c1-14-20(31)29(18-4-2-15(10-23)3-5-18)22(32)28(14)13-16-6-8-27(9-7-16)21-25-11-17(12-26-21)19(24)30/h2-5,11-12,14,16H,6-9,13H2,1H3,(H2,24,30). The molecule has 2 aromatic rings. The van der Waals surface area contributed by atoms with Crippen LogP contribution in [0.25, 0.3) is 0 Å². The second-order valence-corrected chi connectivity index (χ2v) is 8.01. The van der Waals surface area contributed by atoms with Gasteiger partial charge in [-0.25, -0.2) is 19.7 Å². The molecule has 2 aliphatic rings. The van der Waals surface area contributed by atoms with Crippen molar-refractivity contribution in [1.29, 1.82) is 5.26 Å². The first kappa shape index (κ1) is 21.2. The number of nitrogens with zero attached hydrogens (tertiary/aromatic N) is 6. The highest BCUT2D eigenvalue weighted by Crippen LogP contribution is 2.29. The Morgan fingerprint density at radius 2 is 1.78 bits per heavy atom. The first-order chi connectivity index (χ1) is 15.4. The van der Waals surface area contributed by atoms with Crippen molar-refractivity contribution in [2.75, 3.05) is 29.4 Å². The number of piperidine rings is 1. The first-order valence-corrected chi connectivity index (χ1v) is 10.4. The van der Waals surface area contributed by atoms with Crippen molar-refractivity contribution in [1.82, 2.24) is 14.9 Å². The molecule has 10 nitrogen and oxygen atoms in total. The van der Waals surface area contributed by atoms with Crippen LogP contribution in [-0.2, 0) is 4.79 Å². The van der Waals surface area contributed by atoms with Crippen LogP contribution in [0.4, 0.5) is 16.4 Å². The van der Waals surface area contributed by atoms with Gasteiger partial charge in [0.15, 0.2) is 0 Å². The monoisotopic (exact) mass is 433 g/mol. The van der Waals surface area contributed by atoms with E-state index in [1.54, 1.807) is 36.1 Å². The Hall–Kier alpha value is -4.00. The minimum Gasteiger partial charge on any atom is -0.366 e. The molecule has 4 rings (SSSR count). The van der Waals surface area contributed by atoms with Crippen LogP contribution in [-0.4, -0.2) is 58.4 Å². The second kappa shape index (κ2) is 8.63. The Balaban J connectivity index is 1.38. The Labute approximate surface area is 185 Å². The van der Waals surface area contributed by atoms with Crippen LogP contribution in [0.3, 0.4) is 0 Å². The van der Waals surface area contributed by atoms with Crippen molar-refractivity contribution in [2.45, 2.75) is 25.8 Å². The van der Waals surface area contributed by atoms with Crippen molar-refractivity contribution in [2.24, 2.45) is 11.7 Å². The maximum absolute atomic E-state index is 13.0. The molecule has 10 heteroatoms. The van der Waals surface area contributed by atoms with Crippen molar-refractivity contribution >= 4 is 29.5 Å². The molecular weight excluding hydrogens is 410 g/mol. The van der Waals surface area contributed by atoms with E-state index in [4.69, 9.17) is 11.0 Å². The molecular formula is C22H23N7O3. The number of urea groups is 1. The van der Waals surface area contributed by atoms with Gasteiger partial charge >= 0.3 is 6.03 Å². The highest BCUT2D eigenvalue weighted by Gasteiger charge is 2.44. The van der Waals surface area contributed by atoms with Crippen LogP contribution in [0.1, 0.15) is 35.7 Å². The molecule has 2 N–H and O–H groups in total. The smallest absolute Gasteiger partial charge is 0.332 e. The zero-order valence-electron chi connectivity index (χ0n) is 17.6. The summed E-state index contributed by atoms with van der Waals surface area (Å²) in [6.45, 7) is 3.66. The van der Waals surface area contributed by atoms with Crippen LogP contribution in [0.15, 0.2) is 36.7 Å². The summed E-state index contributed by atoms with van der Waals surface area (Å²) in [4.78, 5) is 50.3. The normalized spacial score (nSPS) is 19.4. The molecule has 2 fully saturated rings. The molecule has 1 aromatic heterocycles. The van der Waals surface area contributed by atoms with Crippen molar-refractivity contribution in [3.8, 4) is 6.07 Å². The summed E-state index contributed by atoms with van der Waals surface area (Å²) >= 11 is 0. The number of amides is 4.